The van der Waals surface area contributed by atoms with Crippen molar-refractivity contribution in [3.8, 4) is 0 Å². The van der Waals surface area contributed by atoms with Gasteiger partial charge >= 0.3 is 5.97 Å². The Labute approximate surface area is 224 Å². The first-order valence-electron chi connectivity index (χ1n) is 12.4. The first-order valence-corrected chi connectivity index (χ1v) is 12.4. The standard InChI is InChI=1S/C22H41NO16/c24-4-1-23(2-5-25,3-6-26)8-13(30)12-36-21-20(35)19(34)16(11-29)39-22(21)38-15(10-28)14(9-27)37-18(33)7-17(31)32/h10,13-16,18-22,24-27,29-30,33-35H,1-9,11-12H2/p+1/t13?,14-,15+,16-,18+,19-,20+,21-,22+/m1/s1. The van der Waals surface area contributed by atoms with Crippen LogP contribution >= 0.6 is 0 Å². The normalized spacial score (nSPS) is 27.1. The maximum Gasteiger partial charge on any atom is 0.308 e. The fourth-order valence-electron chi connectivity index (χ4n) is 4.30. The molecule has 0 aromatic carbocycles. The molecular weight excluding hydrogens is 534 g/mol. The van der Waals surface area contributed by atoms with Gasteiger partial charge in [0.15, 0.2) is 18.9 Å². The summed E-state index contributed by atoms with van der Waals surface area (Å²) in [5, 5.41) is 97.4. The lowest BCUT2D eigenvalue weighted by Gasteiger charge is -2.43. The molecule has 10 N–H and O–H groups in total. The van der Waals surface area contributed by atoms with Crippen LogP contribution in [0.25, 0.3) is 0 Å². The van der Waals surface area contributed by atoms with Crippen LogP contribution < -0.4 is 0 Å². The van der Waals surface area contributed by atoms with Crippen molar-refractivity contribution >= 4 is 12.3 Å². The summed E-state index contributed by atoms with van der Waals surface area (Å²) in [7, 11) is 0. The van der Waals surface area contributed by atoms with E-state index in [0.29, 0.717) is 0 Å². The predicted octanol–water partition coefficient (Wildman–Crippen LogP) is -6.28. The molecule has 1 unspecified atom stereocenters. The van der Waals surface area contributed by atoms with Crippen molar-refractivity contribution in [1.82, 2.24) is 0 Å². The van der Waals surface area contributed by atoms with Crippen molar-refractivity contribution < 1.29 is 84.1 Å². The average molecular weight is 577 g/mol. The molecule has 0 radical (unpaired) electrons. The Hall–Kier alpha value is -1.42. The number of aldehydes is 1. The topological polar surface area (TPSA) is 273 Å². The third kappa shape index (κ3) is 11.2. The van der Waals surface area contributed by atoms with E-state index in [4.69, 9.17) is 24.1 Å². The summed E-state index contributed by atoms with van der Waals surface area (Å²) in [6.07, 6.45) is -15.3. The molecule has 0 saturated carbocycles. The Balaban J connectivity index is 3.05. The van der Waals surface area contributed by atoms with Crippen molar-refractivity contribution in [3.63, 3.8) is 0 Å². The Morgan fingerprint density at radius 2 is 1.56 bits per heavy atom. The zero-order valence-corrected chi connectivity index (χ0v) is 21.4. The molecule has 1 fully saturated rings. The lowest BCUT2D eigenvalue weighted by Crippen LogP contribution is -2.62. The number of quaternary nitrogens is 1. The van der Waals surface area contributed by atoms with Crippen molar-refractivity contribution in [2.24, 2.45) is 0 Å². The van der Waals surface area contributed by atoms with Crippen molar-refractivity contribution in [2.75, 3.05) is 65.8 Å². The highest BCUT2D eigenvalue weighted by molar-refractivity contribution is 5.67. The summed E-state index contributed by atoms with van der Waals surface area (Å²) in [6.45, 7) is -2.86. The van der Waals surface area contributed by atoms with Gasteiger partial charge in [0.05, 0.1) is 46.1 Å². The largest absolute Gasteiger partial charge is 0.481 e. The fraction of sp³-hybridized carbons (Fsp3) is 0.909. The summed E-state index contributed by atoms with van der Waals surface area (Å²) in [5.74, 6) is -1.42. The second kappa shape index (κ2) is 18.1. The van der Waals surface area contributed by atoms with Crippen LogP contribution in [0.2, 0.25) is 0 Å². The maximum atomic E-state index is 11.7. The van der Waals surface area contributed by atoms with E-state index in [1.807, 2.05) is 0 Å². The molecule has 230 valence electrons. The summed E-state index contributed by atoms with van der Waals surface area (Å²) < 4.78 is 21.4. The van der Waals surface area contributed by atoms with Crippen LogP contribution in [0, 0.1) is 0 Å². The second-order valence-corrected chi connectivity index (χ2v) is 9.17. The number of hydrogen-bond donors (Lipinski definition) is 10. The first-order chi connectivity index (χ1) is 18.5. The van der Waals surface area contributed by atoms with Crippen LogP contribution in [0.15, 0.2) is 0 Å². The number of carboxylic acids is 1. The summed E-state index contributed by atoms with van der Waals surface area (Å²) in [5.41, 5.74) is 0. The maximum absolute atomic E-state index is 11.7. The minimum atomic E-state index is -1.91. The number of aliphatic carboxylic acids is 1. The molecule has 0 bridgehead atoms. The number of carbonyl (C=O) groups excluding carboxylic acids is 1. The second-order valence-electron chi connectivity index (χ2n) is 9.17. The zero-order chi connectivity index (χ0) is 29.6. The van der Waals surface area contributed by atoms with Crippen LogP contribution in [0.1, 0.15) is 6.42 Å². The molecule has 1 aliphatic heterocycles. The van der Waals surface area contributed by atoms with Gasteiger partial charge < -0.3 is 79.3 Å². The number of aliphatic hydroxyl groups is 9. The van der Waals surface area contributed by atoms with Gasteiger partial charge in [0.1, 0.15) is 68.9 Å². The Kier molecular flexibility index (Phi) is 16.5. The molecule has 1 heterocycles. The highest BCUT2D eigenvalue weighted by Crippen LogP contribution is 2.26. The van der Waals surface area contributed by atoms with E-state index in [0.717, 1.165) is 0 Å². The molecular formula is C22H42NO16+. The van der Waals surface area contributed by atoms with Gasteiger partial charge in [0, 0.05) is 0 Å². The molecule has 1 rings (SSSR count). The van der Waals surface area contributed by atoms with E-state index in [-0.39, 0.29) is 56.8 Å². The van der Waals surface area contributed by atoms with Gasteiger partial charge in [-0.25, -0.2) is 0 Å². The van der Waals surface area contributed by atoms with Crippen molar-refractivity contribution in [3.05, 3.63) is 0 Å². The molecule has 9 atom stereocenters. The number of aliphatic hydroxyl groups excluding tert-OH is 9. The van der Waals surface area contributed by atoms with Crippen LogP contribution in [0.4, 0.5) is 0 Å². The molecule has 0 aromatic rings. The fourth-order valence-corrected chi connectivity index (χ4v) is 4.30. The summed E-state index contributed by atoms with van der Waals surface area (Å²) in [6, 6.07) is 0. The third-order valence-electron chi connectivity index (χ3n) is 6.28. The van der Waals surface area contributed by atoms with E-state index < -0.39 is 87.5 Å². The number of ether oxygens (including phenoxy) is 4. The van der Waals surface area contributed by atoms with E-state index in [2.05, 4.69) is 0 Å². The Morgan fingerprint density at radius 3 is 2.03 bits per heavy atom. The molecule has 0 aliphatic carbocycles. The molecule has 17 nitrogen and oxygen atoms in total. The van der Waals surface area contributed by atoms with E-state index in [1.165, 1.54) is 0 Å². The monoisotopic (exact) mass is 576 g/mol. The highest BCUT2D eigenvalue weighted by Gasteiger charge is 2.47. The predicted molar refractivity (Wildman–Crippen MR) is 126 cm³/mol. The van der Waals surface area contributed by atoms with E-state index >= 15 is 0 Å². The van der Waals surface area contributed by atoms with Crippen LogP contribution in [-0.2, 0) is 28.5 Å². The van der Waals surface area contributed by atoms with Gasteiger partial charge in [0.25, 0.3) is 0 Å². The van der Waals surface area contributed by atoms with Gasteiger partial charge in [-0.1, -0.05) is 0 Å². The first kappa shape index (κ1) is 35.6. The van der Waals surface area contributed by atoms with Gasteiger partial charge in [-0.3, -0.25) is 4.79 Å². The summed E-state index contributed by atoms with van der Waals surface area (Å²) >= 11 is 0. The molecule has 17 heteroatoms. The van der Waals surface area contributed by atoms with Gasteiger partial charge in [-0.15, -0.1) is 0 Å². The number of nitrogens with zero attached hydrogens (tertiary/aromatic N) is 1. The Bertz CT molecular complexity index is 684. The van der Waals surface area contributed by atoms with Gasteiger partial charge in [0.2, 0.25) is 0 Å². The summed E-state index contributed by atoms with van der Waals surface area (Å²) in [4.78, 5) is 22.5. The van der Waals surface area contributed by atoms with Crippen LogP contribution in [0.3, 0.4) is 0 Å². The number of rotatable bonds is 21. The Morgan fingerprint density at radius 1 is 0.974 bits per heavy atom. The molecule has 1 aliphatic rings. The minimum Gasteiger partial charge on any atom is -0.481 e. The quantitative estimate of drug-likeness (QED) is 0.0346. The lowest BCUT2D eigenvalue weighted by molar-refractivity contribution is -0.931. The third-order valence-corrected chi connectivity index (χ3v) is 6.28. The lowest BCUT2D eigenvalue weighted by atomic mass is 9.99. The van der Waals surface area contributed by atoms with E-state index in [1.54, 1.807) is 0 Å². The molecule has 39 heavy (non-hydrogen) atoms. The van der Waals surface area contributed by atoms with Gasteiger partial charge in [-0.2, -0.15) is 0 Å². The highest BCUT2D eigenvalue weighted by atomic mass is 16.7. The van der Waals surface area contributed by atoms with Crippen molar-refractivity contribution in [2.45, 2.75) is 61.7 Å². The van der Waals surface area contributed by atoms with Gasteiger partial charge in [-0.05, 0) is 0 Å². The van der Waals surface area contributed by atoms with Crippen molar-refractivity contribution in [1.29, 1.82) is 0 Å². The van der Waals surface area contributed by atoms with E-state index in [9.17, 15) is 55.5 Å². The molecule has 0 aromatic heterocycles. The average Bonchev–Trinajstić information content (AvgIpc) is 2.87. The van der Waals surface area contributed by atoms with Crippen LogP contribution in [-0.4, -0.2) is 189 Å². The van der Waals surface area contributed by atoms with Crippen LogP contribution in [0.5, 0.6) is 0 Å². The molecule has 1 saturated heterocycles. The zero-order valence-electron chi connectivity index (χ0n) is 21.4. The number of carbonyl (C=O) groups is 2. The molecule has 0 amide bonds. The SMILES string of the molecule is O=C[C@H](O[C@H]1O[C@H](CO)[C@@H](O)[C@H](O)[C@H]1OCC(O)C[N+](CCO)(CCO)CCO)[C@@H](CO)O[C@H](O)CC(=O)O. The minimum absolute atomic E-state index is 0.0612. The molecule has 0 spiro atoms. The smallest absolute Gasteiger partial charge is 0.308 e. The number of hydrogen-bond acceptors (Lipinski definition) is 15. The number of carboxylic acid groups (broad SMARTS) is 1.